The lowest BCUT2D eigenvalue weighted by Gasteiger charge is -2.43. The van der Waals surface area contributed by atoms with Crippen molar-refractivity contribution in [3.63, 3.8) is 0 Å². The molecule has 2 fully saturated rings. The van der Waals surface area contributed by atoms with E-state index in [0.717, 1.165) is 11.3 Å². The van der Waals surface area contributed by atoms with Gasteiger partial charge in [0.15, 0.2) is 9.84 Å². The summed E-state index contributed by atoms with van der Waals surface area (Å²) in [5.41, 5.74) is 1.71. The third kappa shape index (κ3) is 3.95. The van der Waals surface area contributed by atoms with Crippen molar-refractivity contribution in [2.24, 2.45) is 0 Å². The lowest BCUT2D eigenvalue weighted by molar-refractivity contribution is -0.123. The van der Waals surface area contributed by atoms with E-state index in [-0.39, 0.29) is 30.0 Å². The number of carbonyl (C=O) groups excluding carboxylic acids is 1. The topological polar surface area (TPSA) is 76.2 Å². The highest BCUT2D eigenvalue weighted by Crippen LogP contribution is 2.33. The first kappa shape index (κ1) is 19.7. The van der Waals surface area contributed by atoms with Crippen molar-refractivity contribution in [3.8, 4) is 11.5 Å². The summed E-state index contributed by atoms with van der Waals surface area (Å²) < 4.78 is 35.3. The summed E-state index contributed by atoms with van der Waals surface area (Å²) in [6.45, 7) is 0.692. The van der Waals surface area contributed by atoms with Crippen molar-refractivity contribution in [1.29, 1.82) is 0 Å². The zero-order valence-corrected chi connectivity index (χ0v) is 17.3. The number of hydrogen-bond acceptors (Lipinski definition) is 6. The zero-order chi connectivity index (χ0) is 20.6. The summed E-state index contributed by atoms with van der Waals surface area (Å²) in [5.74, 6) is 1.40. The molecule has 154 valence electrons. The maximum atomic E-state index is 13.0. The van der Waals surface area contributed by atoms with Gasteiger partial charge in [-0.15, -0.1) is 0 Å². The summed E-state index contributed by atoms with van der Waals surface area (Å²) in [4.78, 5) is 16.7. The molecule has 4 rings (SSSR count). The maximum Gasteiger partial charge on any atom is 0.241 e. The van der Waals surface area contributed by atoms with E-state index in [1.54, 1.807) is 43.4 Å². The lowest BCUT2D eigenvalue weighted by Crippen LogP contribution is -2.61. The second-order valence-corrected chi connectivity index (χ2v) is 9.58. The molecule has 8 heteroatoms. The Morgan fingerprint density at radius 2 is 1.45 bits per heavy atom. The lowest BCUT2D eigenvalue weighted by atomic mass is 10.0. The van der Waals surface area contributed by atoms with Crippen LogP contribution >= 0.6 is 0 Å². The van der Waals surface area contributed by atoms with E-state index in [1.807, 2.05) is 29.2 Å². The molecule has 0 bridgehead atoms. The smallest absolute Gasteiger partial charge is 0.241 e. The van der Waals surface area contributed by atoms with Crippen LogP contribution in [-0.2, 0) is 21.2 Å². The molecule has 2 atom stereocenters. The SMILES string of the molecule is COc1ccc(CN2CC(=O)N(c3ccc(OC)cc3)[C@@H]3CS(=O)(=O)C[C@@H]32)cc1. The number of amides is 1. The first-order valence-electron chi connectivity index (χ1n) is 9.44. The van der Waals surface area contributed by atoms with Gasteiger partial charge in [-0.05, 0) is 42.0 Å². The maximum absolute atomic E-state index is 13.0. The van der Waals surface area contributed by atoms with Gasteiger partial charge in [-0.3, -0.25) is 9.69 Å². The van der Waals surface area contributed by atoms with E-state index in [9.17, 15) is 13.2 Å². The summed E-state index contributed by atoms with van der Waals surface area (Å²) in [7, 11) is -0.0299. The average Bonchev–Trinajstić information content (AvgIpc) is 3.04. The number of methoxy groups -OCH3 is 2. The highest BCUT2D eigenvalue weighted by atomic mass is 32.2. The Morgan fingerprint density at radius 1 is 0.897 bits per heavy atom. The number of ether oxygens (including phenoxy) is 2. The first-order chi connectivity index (χ1) is 13.9. The van der Waals surface area contributed by atoms with E-state index in [0.29, 0.717) is 18.0 Å². The van der Waals surface area contributed by atoms with E-state index in [4.69, 9.17) is 9.47 Å². The van der Waals surface area contributed by atoms with Gasteiger partial charge in [0.25, 0.3) is 0 Å². The summed E-state index contributed by atoms with van der Waals surface area (Å²) in [6.07, 6.45) is 0. The van der Waals surface area contributed by atoms with Crippen LogP contribution in [0.1, 0.15) is 5.56 Å². The molecule has 0 saturated carbocycles. The molecule has 2 aliphatic heterocycles. The van der Waals surface area contributed by atoms with Crippen LogP contribution in [0.4, 0.5) is 5.69 Å². The second-order valence-electron chi connectivity index (χ2n) is 7.43. The van der Waals surface area contributed by atoms with Crippen molar-refractivity contribution in [1.82, 2.24) is 4.90 Å². The highest BCUT2D eigenvalue weighted by Gasteiger charge is 2.49. The predicted octanol–water partition coefficient (Wildman–Crippen LogP) is 1.72. The van der Waals surface area contributed by atoms with Crippen molar-refractivity contribution in [2.75, 3.05) is 37.2 Å². The second kappa shape index (κ2) is 7.68. The predicted molar refractivity (Wildman–Crippen MR) is 110 cm³/mol. The number of piperazine rings is 1. The summed E-state index contributed by atoms with van der Waals surface area (Å²) in [6, 6.07) is 14.2. The molecule has 29 heavy (non-hydrogen) atoms. The van der Waals surface area contributed by atoms with Crippen LogP contribution in [0.25, 0.3) is 0 Å². The molecule has 7 nitrogen and oxygen atoms in total. The fourth-order valence-electron chi connectivity index (χ4n) is 4.17. The fraction of sp³-hybridized carbons (Fsp3) is 0.381. The first-order valence-corrected chi connectivity index (χ1v) is 11.3. The number of hydrogen-bond donors (Lipinski definition) is 0. The Labute approximate surface area is 170 Å². The van der Waals surface area contributed by atoms with Crippen LogP contribution in [0.15, 0.2) is 48.5 Å². The van der Waals surface area contributed by atoms with Gasteiger partial charge in [-0.25, -0.2) is 8.42 Å². The van der Waals surface area contributed by atoms with Gasteiger partial charge in [0.2, 0.25) is 5.91 Å². The molecule has 0 N–H and O–H groups in total. The fourth-order valence-corrected chi connectivity index (χ4v) is 6.16. The number of rotatable bonds is 5. The molecule has 2 aliphatic rings. The quantitative estimate of drug-likeness (QED) is 0.739. The Balaban J connectivity index is 1.61. The minimum absolute atomic E-state index is 0.0193. The van der Waals surface area contributed by atoms with Crippen molar-refractivity contribution in [3.05, 3.63) is 54.1 Å². The number of sulfone groups is 1. The molecular formula is C21H24N2O5S. The largest absolute Gasteiger partial charge is 0.497 e. The molecule has 2 heterocycles. The van der Waals surface area contributed by atoms with E-state index < -0.39 is 15.9 Å². The summed E-state index contributed by atoms with van der Waals surface area (Å²) in [5, 5.41) is 0. The van der Waals surface area contributed by atoms with E-state index >= 15 is 0 Å². The van der Waals surface area contributed by atoms with E-state index in [1.165, 1.54) is 0 Å². The van der Waals surface area contributed by atoms with Crippen molar-refractivity contribution < 1.29 is 22.7 Å². The minimum atomic E-state index is -3.22. The molecule has 1 amide bonds. The molecule has 0 aliphatic carbocycles. The van der Waals surface area contributed by atoms with E-state index in [2.05, 4.69) is 0 Å². The normalized spacial score (nSPS) is 23.7. The Kier molecular flexibility index (Phi) is 5.23. The van der Waals surface area contributed by atoms with Gasteiger partial charge in [-0.2, -0.15) is 0 Å². The molecule has 0 aromatic heterocycles. The van der Waals surface area contributed by atoms with Crippen LogP contribution in [0.2, 0.25) is 0 Å². The van der Waals surface area contributed by atoms with Crippen LogP contribution in [-0.4, -0.2) is 63.6 Å². The number of nitrogens with zero attached hydrogens (tertiary/aromatic N) is 2. The van der Waals surface area contributed by atoms with Gasteiger partial charge in [0.1, 0.15) is 11.5 Å². The number of carbonyl (C=O) groups is 1. The van der Waals surface area contributed by atoms with Gasteiger partial charge >= 0.3 is 0 Å². The molecule has 2 aromatic rings. The minimum Gasteiger partial charge on any atom is -0.497 e. The Morgan fingerprint density at radius 3 is 2.03 bits per heavy atom. The number of anilines is 1. The molecule has 2 aromatic carbocycles. The van der Waals surface area contributed by atoms with Crippen LogP contribution in [0, 0.1) is 0 Å². The van der Waals surface area contributed by atoms with Gasteiger partial charge in [0, 0.05) is 18.3 Å². The third-order valence-corrected chi connectivity index (χ3v) is 7.30. The molecule has 2 saturated heterocycles. The Hall–Kier alpha value is -2.58. The third-order valence-electron chi connectivity index (χ3n) is 5.60. The molecule has 0 unspecified atom stereocenters. The number of fused-ring (bicyclic) bond motifs is 1. The highest BCUT2D eigenvalue weighted by molar-refractivity contribution is 7.91. The van der Waals surface area contributed by atoms with Crippen LogP contribution in [0.3, 0.4) is 0 Å². The Bertz CT molecular complexity index is 989. The molecule has 0 radical (unpaired) electrons. The summed E-state index contributed by atoms with van der Waals surface area (Å²) >= 11 is 0. The van der Waals surface area contributed by atoms with Crippen molar-refractivity contribution >= 4 is 21.4 Å². The monoisotopic (exact) mass is 416 g/mol. The van der Waals surface area contributed by atoms with Crippen molar-refractivity contribution in [2.45, 2.75) is 18.6 Å². The van der Waals surface area contributed by atoms with Gasteiger partial charge in [-0.1, -0.05) is 12.1 Å². The average molecular weight is 416 g/mol. The standard InChI is InChI=1S/C21H24N2O5S/c1-27-17-7-3-15(4-8-17)11-22-12-21(24)23(16-5-9-18(28-2)10-6-16)20-14-29(25,26)13-19(20)22/h3-10,19-20H,11-14H2,1-2H3/t19-,20+/m0/s1. The molecule has 0 spiro atoms. The zero-order valence-electron chi connectivity index (χ0n) is 16.4. The van der Waals surface area contributed by atoms with Gasteiger partial charge < -0.3 is 14.4 Å². The van der Waals surface area contributed by atoms with Crippen LogP contribution in [0.5, 0.6) is 11.5 Å². The molecular weight excluding hydrogens is 392 g/mol. The van der Waals surface area contributed by atoms with Crippen LogP contribution < -0.4 is 14.4 Å². The van der Waals surface area contributed by atoms with Gasteiger partial charge in [0.05, 0.1) is 38.3 Å². The number of benzene rings is 2.